The van der Waals surface area contributed by atoms with Crippen LogP contribution in [-0.4, -0.2) is 54.8 Å². The van der Waals surface area contributed by atoms with Crippen molar-refractivity contribution in [3.05, 3.63) is 29.8 Å². The lowest BCUT2D eigenvalue weighted by Crippen LogP contribution is -2.47. The van der Waals surface area contributed by atoms with Crippen molar-refractivity contribution in [1.29, 1.82) is 5.26 Å². The molecule has 1 aromatic rings. The molecule has 0 aliphatic carbocycles. The highest BCUT2D eigenvalue weighted by atomic mass is 32.2. The predicted octanol–water partition coefficient (Wildman–Crippen LogP) is 2.02. The summed E-state index contributed by atoms with van der Waals surface area (Å²) in [5, 5.41) is 8.72. The summed E-state index contributed by atoms with van der Waals surface area (Å²) in [5.74, 6) is 1.90. The Bertz CT molecular complexity index is 475. The monoisotopic (exact) mass is 273 g/mol. The highest BCUT2D eigenvalue weighted by Gasteiger charge is 2.26. The molecule has 1 saturated heterocycles. The van der Waals surface area contributed by atoms with Crippen molar-refractivity contribution in [3.8, 4) is 6.07 Å². The number of hydrogen-bond acceptors (Lipinski definition) is 4. The Labute approximate surface area is 119 Å². The zero-order chi connectivity index (χ0) is 13.1. The molecule has 2 aliphatic heterocycles. The Kier molecular flexibility index (Phi) is 4.07. The van der Waals surface area contributed by atoms with E-state index < -0.39 is 0 Å². The fourth-order valence-electron chi connectivity index (χ4n) is 2.92. The SMILES string of the molecule is N#CCN1CCN(CC2CSc3ccccc32)CC1. The molecule has 2 aliphatic rings. The first kappa shape index (κ1) is 13.0. The molecule has 0 aromatic heterocycles. The second-order valence-corrected chi connectivity index (χ2v) is 6.34. The molecule has 3 nitrogen and oxygen atoms in total. The summed E-state index contributed by atoms with van der Waals surface area (Å²) in [5.41, 5.74) is 1.53. The Morgan fingerprint density at radius 1 is 1.16 bits per heavy atom. The summed E-state index contributed by atoms with van der Waals surface area (Å²) in [4.78, 5) is 6.27. The summed E-state index contributed by atoms with van der Waals surface area (Å²) in [6.45, 7) is 6.03. The van der Waals surface area contributed by atoms with Crippen molar-refractivity contribution < 1.29 is 0 Å². The summed E-state index contributed by atoms with van der Waals surface area (Å²) >= 11 is 1.99. The number of thioether (sulfide) groups is 1. The lowest BCUT2D eigenvalue weighted by atomic mass is 10.0. The van der Waals surface area contributed by atoms with Gasteiger partial charge >= 0.3 is 0 Å². The molecule has 0 amide bonds. The fraction of sp³-hybridized carbons (Fsp3) is 0.533. The molecule has 19 heavy (non-hydrogen) atoms. The largest absolute Gasteiger partial charge is 0.300 e. The molecule has 0 bridgehead atoms. The maximum absolute atomic E-state index is 8.72. The number of fused-ring (bicyclic) bond motifs is 1. The summed E-state index contributed by atoms with van der Waals surface area (Å²) in [7, 11) is 0. The van der Waals surface area contributed by atoms with Gasteiger partial charge in [-0.15, -0.1) is 11.8 Å². The third kappa shape index (κ3) is 2.94. The van der Waals surface area contributed by atoms with Gasteiger partial charge in [0.05, 0.1) is 12.6 Å². The zero-order valence-corrected chi connectivity index (χ0v) is 11.9. The van der Waals surface area contributed by atoms with Crippen LogP contribution in [0, 0.1) is 11.3 Å². The summed E-state index contributed by atoms with van der Waals surface area (Å²) in [6, 6.07) is 11.1. The predicted molar refractivity (Wildman–Crippen MR) is 78.4 cm³/mol. The standard InChI is InChI=1S/C15H19N3S/c16-5-6-17-7-9-18(10-8-17)11-13-12-19-15-4-2-1-3-14(13)15/h1-4,13H,6-12H2. The van der Waals surface area contributed by atoms with E-state index in [1.807, 2.05) is 11.8 Å². The Hall–Kier alpha value is -1.02. The van der Waals surface area contributed by atoms with Gasteiger partial charge < -0.3 is 4.90 Å². The van der Waals surface area contributed by atoms with E-state index >= 15 is 0 Å². The van der Waals surface area contributed by atoms with Crippen molar-refractivity contribution >= 4 is 11.8 Å². The van der Waals surface area contributed by atoms with Gasteiger partial charge in [0.2, 0.25) is 0 Å². The van der Waals surface area contributed by atoms with E-state index in [9.17, 15) is 0 Å². The minimum absolute atomic E-state index is 0.579. The second-order valence-electron chi connectivity index (χ2n) is 5.28. The van der Waals surface area contributed by atoms with E-state index in [1.165, 1.54) is 22.8 Å². The molecule has 0 radical (unpaired) electrons. The van der Waals surface area contributed by atoms with Crippen LogP contribution in [-0.2, 0) is 0 Å². The smallest absolute Gasteiger partial charge is 0.0866 e. The van der Waals surface area contributed by atoms with Crippen molar-refractivity contribution in [2.45, 2.75) is 10.8 Å². The Morgan fingerprint density at radius 3 is 2.68 bits per heavy atom. The number of hydrogen-bond donors (Lipinski definition) is 0. The van der Waals surface area contributed by atoms with Crippen LogP contribution < -0.4 is 0 Å². The highest BCUT2D eigenvalue weighted by Crippen LogP contribution is 2.39. The van der Waals surface area contributed by atoms with Crippen molar-refractivity contribution in [2.24, 2.45) is 0 Å². The first-order valence-corrected chi connectivity index (χ1v) is 7.89. The van der Waals surface area contributed by atoms with Gasteiger partial charge in [-0.05, 0) is 11.6 Å². The Morgan fingerprint density at radius 2 is 1.89 bits per heavy atom. The van der Waals surface area contributed by atoms with Gasteiger partial charge in [0.15, 0.2) is 0 Å². The van der Waals surface area contributed by atoms with E-state index in [4.69, 9.17) is 5.26 Å². The third-order valence-electron chi connectivity index (χ3n) is 4.04. The highest BCUT2D eigenvalue weighted by molar-refractivity contribution is 7.99. The molecule has 4 heteroatoms. The maximum atomic E-state index is 8.72. The van der Waals surface area contributed by atoms with E-state index in [2.05, 4.69) is 40.1 Å². The average Bonchev–Trinajstić information content (AvgIpc) is 2.85. The molecular formula is C15H19N3S. The average molecular weight is 273 g/mol. The molecule has 0 N–H and O–H groups in total. The number of nitrogens with zero attached hydrogens (tertiary/aromatic N) is 3. The lowest BCUT2D eigenvalue weighted by molar-refractivity contribution is 0.139. The van der Waals surface area contributed by atoms with Crippen LogP contribution in [0.1, 0.15) is 11.5 Å². The van der Waals surface area contributed by atoms with Crippen molar-refractivity contribution in [3.63, 3.8) is 0 Å². The first-order chi connectivity index (χ1) is 9.36. The van der Waals surface area contributed by atoms with E-state index in [0.29, 0.717) is 12.5 Å². The molecule has 1 fully saturated rings. The van der Waals surface area contributed by atoms with Crippen LogP contribution >= 0.6 is 11.8 Å². The third-order valence-corrected chi connectivity index (χ3v) is 5.29. The van der Waals surface area contributed by atoms with Gasteiger partial charge in [-0.2, -0.15) is 5.26 Å². The normalized spacial score (nSPS) is 24.1. The maximum Gasteiger partial charge on any atom is 0.0866 e. The number of nitriles is 1. The Balaban J connectivity index is 1.55. The number of rotatable bonds is 3. The molecule has 0 saturated carbocycles. The minimum atomic E-state index is 0.579. The van der Waals surface area contributed by atoms with Gasteiger partial charge in [0.25, 0.3) is 0 Å². The number of benzene rings is 1. The molecule has 1 aromatic carbocycles. The van der Waals surface area contributed by atoms with E-state index in [0.717, 1.165) is 26.2 Å². The van der Waals surface area contributed by atoms with Crippen LogP contribution in [0.15, 0.2) is 29.2 Å². The molecule has 100 valence electrons. The van der Waals surface area contributed by atoms with Gasteiger partial charge in [0.1, 0.15) is 0 Å². The van der Waals surface area contributed by atoms with Gasteiger partial charge in [0, 0.05) is 49.3 Å². The van der Waals surface area contributed by atoms with Crippen LogP contribution in [0.3, 0.4) is 0 Å². The number of piperazine rings is 1. The first-order valence-electron chi connectivity index (χ1n) is 6.90. The summed E-state index contributed by atoms with van der Waals surface area (Å²) < 4.78 is 0. The molecule has 2 heterocycles. The molecule has 3 rings (SSSR count). The van der Waals surface area contributed by atoms with Gasteiger partial charge in [-0.3, -0.25) is 4.90 Å². The topological polar surface area (TPSA) is 30.3 Å². The van der Waals surface area contributed by atoms with Crippen LogP contribution in [0.4, 0.5) is 0 Å². The van der Waals surface area contributed by atoms with Crippen LogP contribution in [0.5, 0.6) is 0 Å². The minimum Gasteiger partial charge on any atom is -0.300 e. The molecule has 1 atom stereocenters. The second kappa shape index (κ2) is 5.96. The summed E-state index contributed by atoms with van der Waals surface area (Å²) in [6.07, 6.45) is 0. The quantitative estimate of drug-likeness (QED) is 0.788. The van der Waals surface area contributed by atoms with E-state index in [1.54, 1.807) is 0 Å². The molecule has 1 unspecified atom stereocenters. The van der Waals surface area contributed by atoms with Gasteiger partial charge in [-0.25, -0.2) is 0 Å². The van der Waals surface area contributed by atoms with Gasteiger partial charge in [-0.1, -0.05) is 18.2 Å². The van der Waals surface area contributed by atoms with Crippen molar-refractivity contribution in [2.75, 3.05) is 45.0 Å². The van der Waals surface area contributed by atoms with Crippen molar-refractivity contribution in [1.82, 2.24) is 9.80 Å². The fourth-order valence-corrected chi connectivity index (χ4v) is 4.16. The molecular weight excluding hydrogens is 254 g/mol. The molecule has 0 spiro atoms. The van der Waals surface area contributed by atoms with Crippen LogP contribution in [0.25, 0.3) is 0 Å². The zero-order valence-electron chi connectivity index (χ0n) is 11.1. The lowest BCUT2D eigenvalue weighted by Gasteiger charge is -2.34. The van der Waals surface area contributed by atoms with Crippen LogP contribution in [0.2, 0.25) is 0 Å². The van der Waals surface area contributed by atoms with E-state index in [-0.39, 0.29) is 0 Å².